The van der Waals surface area contributed by atoms with E-state index in [9.17, 15) is 0 Å². The molecule has 0 atom stereocenters. The van der Waals surface area contributed by atoms with Crippen molar-refractivity contribution in [3.8, 4) is 17.6 Å². The molecule has 0 aliphatic rings. The van der Waals surface area contributed by atoms with Gasteiger partial charge >= 0.3 is 0 Å². The molecule has 2 N–H and O–H groups in total. The Morgan fingerprint density at radius 3 is 2.80 bits per heavy atom. The molecule has 0 bridgehead atoms. The fourth-order valence-corrected chi connectivity index (χ4v) is 1.25. The molecular formula is C13H17NO. The normalized spacial score (nSPS) is 9.27. The van der Waals surface area contributed by atoms with Crippen LogP contribution in [0.25, 0.3) is 0 Å². The molecule has 15 heavy (non-hydrogen) atoms. The minimum atomic E-state index is 0.705. The summed E-state index contributed by atoms with van der Waals surface area (Å²) in [4.78, 5) is 0. The molecule has 2 heteroatoms. The molecule has 0 saturated heterocycles. The number of ether oxygens (including phenoxy) is 1. The second-order valence-electron chi connectivity index (χ2n) is 3.37. The van der Waals surface area contributed by atoms with E-state index in [2.05, 4.69) is 11.8 Å². The van der Waals surface area contributed by atoms with Crippen LogP contribution in [0.2, 0.25) is 0 Å². The standard InChI is InChI=1S/C13H17NO/c1-11-10-13(15-2)8-7-12(11)6-4-3-5-9-14/h7-8,10H,3,5,9,14H2,1-2H3. The third-order valence-corrected chi connectivity index (χ3v) is 2.16. The molecular weight excluding hydrogens is 186 g/mol. The van der Waals surface area contributed by atoms with Crippen LogP contribution < -0.4 is 10.5 Å². The first-order valence-corrected chi connectivity index (χ1v) is 5.11. The predicted octanol–water partition coefficient (Wildman–Crippen LogP) is 2.09. The molecule has 1 aromatic rings. The summed E-state index contributed by atoms with van der Waals surface area (Å²) >= 11 is 0. The molecule has 2 nitrogen and oxygen atoms in total. The quantitative estimate of drug-likeness (QED) is 0.603. The third-order valence-electron chi connectivity index (χ3n) is 2.16. The Morgan fingerprint density at radius 1 is 1.40 bits per heavy atom. The lowest BCUT2D eigenvalue weighted by atomic mass is 10.1. The van der Waals surface area contributed by atoms with Crippen LogP contribution in [0.15, 0.2) is 18.2 Å². The average molecular weight is 203 g/mol. The molecule has 0 aliphatic heterocycles. The molecule has 0 heterocycles. The van der Waals surface area contributed by atoms with Crippen molar-refractivity contribution >= 4 is 0 Å². The highest BCUT2D eigenvalue weighted by Gasteiger charge is 1.96. The van der Waals surface area contributed by atoms with E-state index in [-0.39, 0.29) is 0 Å². The van der Waals surface area contributed by atoms with E-state index in [4.69, 9.17) is 10.5 Å². The molecule has 0 aliphatic carbocycles. The van der Waals surface area contributed by atoms with Gasteiger partial charge in [-0.05, 0) is 43.7 Å². The van der Waals surface area contributed by atoms with Crippen LogP contribution in [0, 0.1) is 18.8 Å². The molecule has 0 saturated carbocycles. The van der Waals surface area contributed by atoms with E-state index in [1.807, 2.05) is 25.1 Å². The fraction of sp³-hybridized carbons (Fsp3) is 0.385. The Kier molecular flexibility index (Phi) is 4.73. The van der Waals surface area contributed by atoms with Crippen molar-refractivity contribution in [3.05, 3.63) is 29.3 Å². The number of aryl methyl sites for hydroxylation is 1. The molecule has 0 spiro atoms. The first-order valence-electron chi connectivity index (χ1n) is 5.11. The number of nitrogens with two attached hydrogens (primary N) is 1. The summed E-state index contributed by atoms with van der Waals surface area (Å²) in [5.41, 5.74) is 7.60. The summed E-state index contributed by atoms with van der Waals surface area (Å²) < 4.78 is 5.13. The zero-order valence-corrected chi connectivity index (χ0v) is 9.34. The third kappa shape index (κ3) is 3.65. The molecule has 0 radical (unpaired) electrons. The SMILES string of the molecule is COc1ccc(C#CCCCN)c(C)c1. The largest absolute Gasteiger partial charge is 0.497 e. The van der Waals surface area contributed by atoms with Crippen LogP contribution in [-0.4, -0.2) is 13.7 Å². The van der Waals surface area contributed by atoms with Gasteiger partial charge in [0, 0.05) is 12.0 Å². The van der Waals surface area contributed by atoms with Gasteiger partial charge in [0.2, 0.25) is 0 Å². The number of benzene rings is 1. The van der Waals surface area contributed by atoms with E-state index < -0.39 is 0 Å². The monoisotopic (exact) mass is 203 g/mol. The van der Waals surface area contributed by atoms with Crippen LogP contribution in [0.5, 0.6) is 5.75 Å². The molecule has 0 unspecified atom stereocenters. The minimum Gasteiger partial charge on any atom is -0.497 e. The minimum absolute atomic E-state index is 0.705. The summed E-state index contributed by atoms with van der Waals surface area (Å²) in [6.45, 7) is 2.74. The van der Waals surface area contributed by atoms with Crippen LogP contribution >= 0.6 is 0 Å². The van der Waals surface area contributed by atoms with E-state index in [0.717, 1.165) is 29.7 Å². The number of methoxy groups -OCH3 is 1. The molecule has 1 rings (SSSR count). The number of hydrogen-bond donors (Lipinski definition) is 1. The zero-order chi connectivity index (χ0) is 11.1. The van der Waals surface area contributed by atoms with Crippen molar-refractivity contribution in [2.45, 2.75) is 19.8 Å². The lowest BCUT2D eigenvalue weighted by Crippen LogP contribution is -1.96. The molecule has 0 amide bonds. The number of hydrogen-bond acceptors (Lipinski definition) is 2. The lowest BCUT2D eigenvalue weighted by molar-refractivity contribution is 0.414. The maximum Gasteiger partial charge on any atom is 0.119 e. The Morgan fingerprint density at radius 2 is 2.20 bits per heavy atom. The van der Waals surface area contributed by atoms with E-state index in [1.54, 1.807) is 7.11 Å². The molecule has 0 aromatic heterocycles. The van der Waals surface area contributed by atoms with Gasteiger partial charge in [0.05, 0.1) is 7.11 Å². The molecule has 80 valence electrons. The van der Waals surface area contributed by atoms with Crippen LogP contribution in [0.1, 0.15) is 24.0 Å². The first kappa shape index (κ1) is 11.6. The predicted molar refractivity (Wildman–Crippen MR) is 62.9 cm³/mol. The second kappa shape index (κ2) is 6.10. The highest BCUT2D eigenvalue weighted by atomic mass is 16.5. The van der Waals surface area contributed by atoms with Crippen LogP contribution in [0.3, 0.4) is 0 Å². The van der Waals surface area contributed by atoms with E-state index in [1.165, 1.54) is 0 Å². The van der Waals surface area contributed by atoms with Gasteiger partial charge in [-0.2, -0.15) is 0 Å². The Bertz CT molecular complexity index is 374. The van der Waals surface area contributed by atoms with E-state index >= 15 is 0 Å². The summed E-state index contributed by atoms with van der Waals surface area (Å²) in [6.07, 6.45) is 1.82. The van der Waals surface area contributed by atoms with Crippen molar-refractivity contribution in [3.63, 3.8) is 0 Å². The Balaban J connectivity index is 2.72. The fourth-order valence-electron chi connectivity index (χ4n) is 1.25. The van der Waals surface area contributed by atoms with Gasteiger partial charge in [0.1, 0.15) is 5.75 Å². The van der Waals surface area contributed by atoms with Gasteiger partial charge in [-0.25, -0.2) is 0 Å². The van der Waals surface area contributed by atoms with Gasteiger partial charge < -0.3 is 10.5 Å². The average Bonchev–Trinajstić information content (AvgIpc) is 2.26. The van der Waals surface area contributed by atoms with Crippen LogP contribution in [-0.2, 0) is 0 Å². The molecule has 0 fully saturated rings. The zero-order valence-electron chi connectivity index (χ0n) is 9.34. The Labute approximate surface area is 91.4 Å². The van der Waals surface area contributed by atoms with Crippen molar-refractivity contribution < 1.29 is 4.74 Å². The van der Waals surface area contributed by atoms with Gasteiger partial charge in [-0.1, -0.05) is 11.8 Å². The van der Waals surface area contributed by atoms with Gasteiger partial charge in [0.15, 0.2) is 0 Å². The second-order valence-corrected chi connectivity index (χ2v) is 3.37. The van der Waals surface area contributed by atoms with Crippen LogP contribution in [0.4, 0.5) is 0 Å². The highest BCUT2D eigenvalue weighted by molar-refractivity contribution is 5.44. The van der Waals surface area contributed by atoms with Crippen molar-refractivity contribution in [2.24, 2.45) is 5.73 Å². The summed E-state index contributed by atoms with van der Waals surface area (Å²) in [6, 6.07) is 5.91. The van der Waals surface area contributed by atoms with Crippen molar-refractivity contribution in [1.29, 1.82) is 0 Å². The summed E-state index contributed by atoms with van der Waals surface area (Å²) in [5.74, 6) is 7.12. The maximum absolute atomic E-state index is 5.39. The lowest BCUT2D eigenvalue weighted by Gasteiger charge is -2.02. The summed E-state index contributed by atoms with van der Waals surface area (Å²) in [5, 5.41) is 0. The topological polar surface area (TPSA) is 35.2 Å². The van der Waals surface area contributed by atoms with Gasteiger partial charge in [-0.3, -0.25) is 0 Å². The molecule has 1 aromatic carbocycles. The van der Waals surface area contributed by atoms with Crippen molar-refractivity contribution in [2.75, 3.05) is 13.7 Å². The number of rotatable bonds is 3. The van der Waals surface area contributed by atoms with E-state index in [0.29, 0.717) is 6.54 Å². The maximum atomic E-state index is 5.39. The smallest absolute Gasteiger partial charge is 0.119 e. The summed E-state index contributed by atoms with van der Waals surface area (Å²) in [7, 11) is 1.67. The van der Waals surface area contributed by atoms with Crippen molar-refractivity contribution in [1.82, 2.24) is 0 Å². The number of unbranched alkanes of at least 4 members (excludes halogenated alkanes) is 1. The van der Waals surface area contributed by atoms with Gasteiger partial charge in [0.25, 0.3) is 0 Å². The highest BCUT2D eigenvalue weighted by Crippen LogP contribution is 2.15. The Hall–Kier alpha value is -1.46. The first-order chi connectivity index (χ1) is 7.27. The van der Waals surface area contributed by atoms with Gasteiger partial charge in [-0.15, -0.1) is 0 Å².